The van der Waals surface area contributed by atoms with Crippen molar-refractivity contribution >= 4 is 27.5 Å². The van der Waals surface area contributed by atoms with Gasteiger partial charge >= 0.3 is 0 Å². The van der Waals surface area contributed by atoms with Gasteiger partial charge in [-0.15, -0.1) is 0 Å². The molecule has 0 heterocycles. The quantitative estimate of drug-likeness (QED) is 0.696. The molecule has 2 rings (SSSR count). The third-order valence-electron chi connectivity index (χ3n) is 3.27. The lowest BCUT2D eigenvalue weighted by molar-refractivity contribution is -0.118. The largest absolute Gasteiger partial charge is 0.494 e. The lowest BCUT2D eigenvalue weighted by Gasteiger charge is -2.11. The molecule has 0 saturated carbocycles. The van der Waals surface area contributed by atoms with E-state index >= 15 is 0 Å². The Hall–Kier alpha value is -2.01. The number of carbonyl (C=O) groups excluding carboxylic acids is 1. The number of rotatable bonds is 8. The molecule has 5 heteroatoms. The average molecular weight is 392 g/mol. The lowest BCUT2D eigenvalue weighted by Crippen LogP contribution is -2.20. The highest BCUT2D eigenvalue weighted by atomic mass is 79.9. The van der Waals surface area contributed by atoms with Crippen LogP contribution in [-0.4, -0.2) is 19.1 Å². The van der Waals surface area contributed by atoms with E-state index in [0.717, 1.165) is 16.6 Å². The molecule has 0 aromatic heterocycles. The van der Waals surface area contributed by atoms with E-state index in [2.05, 4.69) is 35.1 Å². The summed E-state index contributed by atoms with van der Waals surface area (Å²) < 4.78 is 12.1. The summed E-state index contributed by atoms with van der Waals surface area (Å²) in [6.45, 7) is 4.94. The zero-order valence-corrected chi connectivity index (χ0v) is 15.5. The van der Waals surface area contributed by atoms with E-state index in [-0.39, 0.29) is 12.5 Å². The molecule has 0 saturated heterocycles. The van der Waals surface area contributed by atoms with Crippen molar-refractivity contribution in [1.29, 1.82) is 0 Å². The van der Waals surface area contributed by atoms with E-state index in [1.807, 2.05) is 36.4 Å². The van der Waals surface area contributed by atoms with Crippen molar-refractivity contribution < 1.29 is 14.3 Å². The van der Waals surface area contributed by atoms with Crippen LogP contribution in [0.3, 0.4) is 0 Å². The second-order valence-corrected chi connectivity index (χ2v) is 6.77. The highest BCUT2D eigenvalue weighted by Gasteiger charge is 2.05. The van der Waals surface area contributed by atoms with Gasteiger partial charge in [0.1, 0.15) is 11.5 Å². The summed E-state index contributed by atoms with van der Waals surface area (Å²) in [6.07, 6.45) is 0.998. The second-order valence-electron chi connectivity index (χ2n) is 5.85. The Morgan fingerprint density at radius 3 is 2.54 bits per heavy atom. The molecule has 1 N–H and O–H groups in total. The Morgan fingerprint density at radius 1 is 1.08 bits per heavy atom. The Bertz CT molecular complexity index is 656. The standard InChI is InChI=1S/C19H22BrNO3/c1-14(2)10-11-23-18-5-3-4-16(12-18)21-19(22)13-24-17-8-6-15(20)7-9-17/h3-9,12,14H,10-11,13H2,1-2H3,(H,21,22). The van der Waals surface area contributed by atoms with Crippen LogP contribution < -0.4 is 14.8 Å². The van der Waals surface area contributed by atoms with Crippen LogP contribution >= 0.6 is 15.9 Å². The van der Waals surface area contributed by atoms with E-state index in [1.165, 1.54) is 0 Å². The van der Waals surface area contributed by atoms with Gasteiger partial charge in [0.15, 0.2) is 6.61 Å². The molecule has 0 fully saturated rings. The zero-order chi connectivity index (χ0) is 17.4. The fourth-order valence-corrected chi connectivity index (χ4v) is 2.22. The molecule has 0 radical (unpaired) electrons. The third-order valence-corrected chi connectivity index (χ3v) is 3.79. The maximum Gasteiger partial charge on any atom is 0.262 e. The maximum absolute atomic E-state index is 12.0. The molecule has 128 valence electrons. The summed E-state index contributed by atoms with van der Waals surface area (Å²) >= 11 is 3.36. The van der Waals surface area contributed by atoms with E-state index in [1.54, 1.807) is 12.1 Å². The first-order valence-electron chi connectivity index (χ1n) is 7.94. The summed E-state index contributed by atoms with van der Waals surface area (Å²) in [5, 5.41) is 2.81. The first-order chi connectivity index (χ1) is 11.5. The van der Waals surface area contributed by atoms with Gasteiger partial charge in [0, 0.05) is 16.2 Å². The smallest absolute Gasteiger partial charge is 0.262 e. The first-order valence-corrected chi connectivity index (χ1v) is 8.73. The van der Waals surface area contributed by atoms with Gasteiger partial charge < -0.3 is 14.8 Å². The number of ether oxygens (including phenoxy) is 2. The summed E-state index contributed by atoms with van der Waals surface area (Å²) in [5.41, 5.74) is 0.696. The van der Waals surface area contributed by atoms with Crippen LogP contribution in [0.15, 0.2) is 53.0 Å². The monoisotopic (exact) mass is 391 g/mol. The minimum absolute atomic E-state index is 0.0416. The molecule has 24 heavy (non-hydrogen) atoms. The van der Waals surface area contributed by atoms with Gasteiger partial charge in [-0.2, -0.15) is 0 Å². The molecular weight excluding hydrogens is 370 g/mol. The van der Waals surface area contributed by atoms with Crippen molar-refractivity contribution in [3.63, 3.8) is 0 Å². The molecule has 0 aliphatic carbocycles. The molecule has 0 spiro atoms. The summed E-state index contributed by atoms with van der Waals surface area (Å²) in [5.74, 6) is 1.79. The molecule has 0 atom stereocenters. The van der Waals surface area contributed by atoms with Gasteiger partial charge in [0.2, 0.25) is 0 Å². The molecule has 0 bridgehead atoms. The molecular formula is C19H22BrNO3. The Balaban J connectivity index is 1.81. The number of hydrogen-bond acceptors (Lipinski definition) is 3. The van der Waals surface area contributed by atoms with Crippen LogP contribution in [-0.2, 0) is 4.79 Å². The predicted molar refractivity (Wildman–Crippen MR) is 99.7 cm³/mol. The Kier molecular flexibility index (Phi) is 7.12. The number of amides is 1. The van der Waals surface area contributed by atoms with E-state index in [4.69, 9.17) is 9.47 Å². The molecule has 4 nitrogen and oxygen atoms in total. The van der Waals surface area contributed by atoms with Crippen molar-refractivity contribution in [2.75, 3.05) is 18.5 Å². The topological polar surface area (TPSA) is 47.6 Å². The fourth-order valence-electron chi connectivity index (χ4n) is 1.95. The summed E-state index contributed by atoms with van der Waals surface area (Å²) in [6, 6.07) is 14.7. The second kappa shape index (κ2) is 9.33. The number of benzene rings is 2. The Labute approximate surface area is 151 Å². The number of carbonyl (C=O) groups is 1. The van der Waals surface area contributed by atoms with Crippen LogP contribution in [0, 0.1) is 5.92 Å². The number of nitrogens with one attached hydrogen (secondary N) is 1. The highest BCUT2D eigenvalue weighted by Crippen LogP contribution is 2.19. The number of hydrogen-bond donors (Lipinski definition) is 1. The minimum atomic E-state index is -0.211. The first kappa shape index (κ1) is 18.3. The lowest BCUT2D eigenvalue weighted by atomic mass is 10.1. The van der Waals surface area contributed by atoms with Gasteiger partial charge in [-0.3, -0.25) is 4.79 Å². The average Bonchev–Trinajstić information content (AvgIpc) is 2.54. The van der Waals surface area contributed by atoms with Crippen molar-refractivity contribution in [3.05, 3.63) is 53.0 Å². The van der Waals surface area contributed by atoms with E-state index in [9.17, 15) is 4.79 Å². The minimum Gasteiger partial charge on any atom is -0.494 e. The van der Waals surface area contributed by atoms with Gasteiger partial charge in [0.25, 0.3) is 5.91 Å². The van der Waals surface area contributed by atoms with E-state index in [0.29, 0.717) is 24.0 Å². The normalized spacial score (nSPS) is 10.5. The SMILES string of the molecule is CC(C)CCOc1cccc(NC(=O)COc2ccc(Br)cc2)c1. The Morgan fingerprint density at radius 2 is 1.83 bits per heavy atom. The zero-order valence-electron chi connectivity index (χ0n) is 13.9. The molecule has 2 aromatic rings. The predicted octanol–water partition coefficient (Wildman–Crippen LogP) is 4.89. The van der Waals surface area contributed by atoms with Crippen LogP contribution in [0.25, 0.3) is 0 Å². The van der Waals surface area contributed by atoms with Crippen LogP contribution in [0.4, 0.5) is 5.69 Å². The van der Waals surface area contributed by atoms with Gasteiger partial charge in [-0.1, -0.05) is 35.8 Å². The highest BCUT2D eigenvalue weighted by molar-refractivity contribution is 9.10. The molecule has 0 aliphatic rings. The number of halogens is 1. The van der Waals surface area contributed by atoms with Crippen LogP contribution in [0.1, 0.15) is 20.3 Å². The van der Waals surface area contributed by atoms with E-state index < -0.39 is 0 Å². The van der Waals surface area contributed by atoms with Crippen LogP contribution in [0.2, 0.25) is 0 Å². The maximum atomic E-state index is 12.0. The van der Waals surface area contributed by atoms with Gasteiger partial charge in [-0.05, 0) is 48.7 Å². The molecule has 1 amide bonds. The molecule has 0 unspecified atom stereocenters. The van der Waals surface area contributed by atoms with Crippen molar-refractivity contribution in [1.82, 2.24) is 0 Å². The van der Waals surface area contributed by atoms with Crippen molar-refractivity contribution in [3.8, 4) is 11.5 Å². The molecule has 0 aliphatic heterocycles. The van der Waals surface area contributed by atoms with Crippen molar-refractivity contribution in [2.24, 2.45) is 5.92 Å². The van der Waals surface area contributed by atoms with Gasteiger partial charge in [-0.25, -0.2) is 0 Å². The van der Waals surface area contributed by atoms with Gasteiger partial charge in [0.05, 0.1) is 6.61 Å². The third kappa shape index (κ3) is 6.62. The number of anilines is 1. The summed E-state index contributed by atoms with van der Waals surface area (Å²) in [4.78, 5) is 12.0. The van der Waals surface area contributed by atoms with Crippen LogP contribution in [0.5, 0.6) is 11.5 Å². The van der Waals surface area contributed by atoms with Crippen molar-refractivity contribution in [2.45, 2.75) is 20.3 Å². The summed E-state index contributed by atoms with van der Waals surface area (Å²) in [7, 11) is 0. The fraction of sp³-hybridized carbons (Fsp3) is 0.316. The molecule has 2 aromatic carbocycles.